The van der Waals surface area contributed by atoms with Crippen LogP contribution in [0.5, 0.6) is 11.5 Å². The standard InChI is InChI=1S/C15H20BrF3N2O2/c1-20-6-8-21(9-7-20)5-2-10-22-14-11-12(3-4-13(14)16)23-15(17,18)19/h3-4,11H,2,5-10H2,1H3. The highest BCUT2D eigenvalue weighted by Gasteiger charge is 2.31. The van der Waals surface area contributed by atoms with E-state index >= 15 is 0 Å². The Hall–Kier alpha value is -0.990. The first-order chi connectivity index (χ1) is 10.8. The summed E-state index contributed by atoms with van der Waals surface area (Å²) in [6.07, 6.45) is -3.88. The molecule has 23 heavy (non-hydrogen) atoms. The highest BCUT2D eigenvalue weighted by molar-refractivity contribution is 9.10. The monoisotopic (exact) mass is 396 g/mol. The summed E-state index contributed by atoms with van der Waals surface area (Å²) in [4.78, 5) is 4.65. The summed E-state index contributed by atoms with van der Waals surface area (Å²) in [6, 6.07) is 3.97. The second kappa shape index (κ2) is 8.21. The lowest BCUT2D eigenvalue weighted by Crippen LogP contribution is -2.44. The summed E-state index contributed by atoms with van der Waals surface area (Å²) in [6.45, 7) is 5.56. The number of hydrogen-bond acceptors (Lipinski definition) is 4. The number of alkyl halides is 3. The molecule has 0 N–H and O–H groups in total. The molecule has 0 aliphatic carbocycles. The van der Waals surface area contributed by atoms with Crippen molar-refractivity contribution in [2.75, 3.05) is 46.4 Å². The minimum atomic E-state index is -4.70. The summed E-state index contributed by atoms with van der Waals surface area (Å²) in [5, 5.41) is 0. The van der Waals surface area contributed by atoms with Gasteiger partial charge in [0, 0.05) is 38.8 Å². The first-order valence-electron chi connectivity index (χ1n) is 7.42. The van der Waals surface area contributed by atoms with Crippen LogP contribution in [-0.2, 0) is 0 Å². The van der Waals surface area contributed by atoms with Crippen LogP contribution in [0.3, 0.4) is 0 Å². The molecule has 1 heterocycles. The second-order valence-corrected chi connectivity index (χ2v) is 6.34. The van der Waals surface area contributed by atoms with E-state index < -0.39 is 6.36 Å². The molecular weight excluding hydrogens is 377 g/mol. The maximum absolute atomic E-state index is 12.2. The van der Waals surface area contributed by atoms with Crippen molar-refractivity contribution >= 4 is 15.9 Å². The zero-order valence-corrected chi connectivity index (χ0v) is 14.5. The van der Waals surface area contributed by atoms with Crippen molar-refractivity contribution in [1.29, 1.82) is 0 Å². The molecule has 0 atom stereocenters. The second-order valence-electron chi connectivity index (χ2n) is 5.49. The molecule has 0 saturated carbocycles. The van der Waals surface area contributed by atoms with Gasteiger partial charge in [-0.2, -0.15) is 0 Å². The number of piperazine rings is 1. The van der Waals surface area contributed by atoms with E-state index in [4.69, 9.17) is 4.74 Å². The van der Waals surface area contributed by atoms with Gasteiger partial charge in [0.2, 0.25) is 0 Å². The van der Waals surface area contributed by atoms with Crippen LogP contribution in [0.25, 0.3) is 0 Å². The van der Waals surface area contributed by atoms with E-state index in [1.165, 1.54) is 18.2 Å². The van der Waals surface area contributed by atoms with Gasteiger partial charge in [-0.1, -0.05) is 0 Å². The summed E-state index contributed by atoms with van der Waals surface area (Å²) in [5.41, 5.74) is 0. The van der Waals surface area contributed by atoms with Gasteiger partial charge < -0.3 is 19.3 Å². The van der Waals surface area contributed by atoms with Gasteiger partial charge in [-0.05, 0) is 41.5 Å². The highest BCUT2D eigenvalue weighted by Crippen LogP contribution is 2.32. The first kappa shape index (κ1) is 18.4. The molecule has 1 saturated heterocycles. The fraction of sp³-hybridized carbons (Fsp3) is 0.600. The maximum Gasteiger partial charge on any atom is 0.573 e. The first-order valence-corrected chi connectivity index (χ1v) is 8.22. The van der Waals surface area contributed by atoms with E-state index in [-0.39, 0.29) is 5.75 Å². The molecule has 130 valence electrons. The topological polar surface area (TPSA) is 24.9 Å². The van der Waals surface area contributed by atoms with Gasteiger partial charge in [0.25, 0.3) is 0 Å². The summed E-state index contributed by atoms with van der Waals surface area (Å²) in [5.74, 6) is 0.0693. The fourth-order valence-electron chi connectivity index (χ4n) is 2.33. The van der Waals surface area contributed by atoms with E-state index in [1.807, 2.05) is 0 Å². The predicted octanol–water partition coefficient (Wildman–Crippen LogP) is 3.36. The number of nitrogens with zero attached hydrogens (tertiary/aromatic N) is 2. The summed E-state index contributed by atoms with van der Waals surface area (Å²) in [7, 11) is 2.11. The van der Waals surface area contributed by atoms with Gasteiger partial charge in [-0.25, -0.2) is 0 Å². The van der Waals surface area contributed by atoms with Gasteiger partial charge in [0.05, 0.1) is 11.1 Å². The molecule has 0 amide bonds. The molecule has 8 heteroatoms. The van der Waals surface area contributed by atoms with Crippen LogP contribution in [0.1, 0.15) is 6.42 Å². The molecule has 0 unspecified atom stereocenters. The van der Waals surface area contributed by atoms with Gasteiger partial charge in [0.1, 0.15) is 11.5 Å². The van der Waals surface area contributed by atoms with E-state index in [0.29, 0.717) is 16.8 Å². The molecule has 1 aromatic rings. The van der Waals surface area contributed by atoms with Gasteiger partial charge in [0.15, 0.2) is 0 Å². The van der Waals surface area contributed by atoms with Crippen LogP contribution >= 0.6 is 15.9 Å². The molecule has 1 aliphatic rings. The molecule has 0 bridgehead atoms. The van der Waals surface area contributed by atoms with Gasteiger partial charge in [-0.15, -0.1) is 13.2 Å². The van der Waals surface area contributed by atoms with Gasteiger partial charge in [-0.3, -0.25) is 0 Å². The molecule has 2 rings (SSSR count). The Balaban J connectivity index is 1.77. The van der Waals surface area contributed by atoms with Crippen molar-refractivity contribution in [2.45, 2.75) is 12.8 Å². The third-order valence-electron chi connectivity index (χ3n) is 3.61. The molecular formula is C15H20BrF3N2O2. The quantitative estimate of drug-likeness (QED) is 0.688. The largest absolute Gasteiger partial charge is 0.573 e. The minimum Gasteiger partial charge on any atom is -0.492 e. The number of hydrogen-bond donors (Lipinski definition) is 0. The van der Waals surface area contributed by atoms with Crippen LogP contribution in [0.4, 0.5) is 13.2 Å². The Morgan fingerprint density at radius 1 is 1.17 bits per heavy atom. The zero-order chi connectivity index (χ0) is 16.9. The van der Waals surface area contributed by atoms with Crippen LogP contribution in [-0.4, -0.2) is 62.5 Å². The lowest BCUT2D eigenvalue weighted by molar-refractivity contribution is -0.274. The van der Waals surface area contributed by atoms with E-state index in [0.717, 1.165) is 39.1 Å². The Bertz CT molecular complexity index is 506. The van der Waals surface area contributed by atoms with Gasteiger partial charge >= 0.3 is 6.36 Å². The lowest BCUT2D eigenvalue weighted by atomic mass is 10.3. The predicted molar refractivity (Wildman–Crippen MR) is 84.9 cm³/mol. The van der Waals surface area contributed by atoms with Crippen LogP contribution < -0.4 is 9.47 Å². The van der Waals surface area contributed by atoms with Crippen LogP contribution in [0.2, 0.25) is 0 Å². The lowest BCUT2D eigenvalue weighted by Gasteiger charge is -2.32. The smallest absolute Gasteiger partial charge is 0.492 e. The third-order valence-corrected chi connectivity index (χ3v) is 4.26. The Kier molecular flexibility index (Phi) is 6.55. The molecule has 4 nitrogen and oxygen atoms in total. The van der Waals surface area contributed by atoms with Crippen LogP contribution in [0, 0.1) is 0 Å². The third kappa shape index (κ3) is 6.56. The Labute approximate surface area is 142 Å². The van der Waals surface area contributed by atoms with Crippen molar-refractivity contribution in [1.82, 2.24) is 9.80 Å². The molecule has 1 aliphatic heterocycles. The number of likely N-dealkylation sites (N-methyl/N-ethyl adjacent to an activating group) is 1. The van der Waals surface area contributed by atoms with Crippen molar-refractivity contribution in [3.63, 3.8) is 0 Å². The molecule has 0 radical (unpaired) electrons. The SMILES string of the molecule is CN1CCN(CCCOc2cc(OC(F)(F)F)ccc2Br)CC1. The molecule has 0 aromatic heterocycles. The van der Waals surface area contributed by atoms with E-state index in [2.05, 4.69) is 37.5 Å². The number of rotatable bonds is 6. The summed E-state index contributed by atoms with van der Waals surface area (Å²) < 4.78 is 46.8. The molecule has 1 fully saturated rings. The van der Waals surface area contributed by atoms with Crippen molar-refractivity contribution < 1.29 is 22.6 Å². The number of halogens is 4. The average Bonchev–Trinajstić information content (AvgIpc) is 2.47. The zero-order valence-electron chi connectivity index (χ0n) is 12.9. The minimum absolute atomic E-state index is 0.283. The molecule has 1 aromatic carbocycles. The highest BCUT2D eigenvalue weighted by atomic mass is 79.9. The Morgan fingerprint density at radius 2 is 1.87 bits per heavy atom. The normalized spacial score (nSPS) is 17.3. The van der Waals surface area contributed by atoms with Crippen molar-refractivity contribution in [3.8, 4) is 11.5 Å². The van der Waals surface area contributed by atoms with Crippen molar-refractivity contribution in [2.24, 2.45) is 0 Å². The molecule has 0 spiro atoms. The van der Waals surface area contributed by atoms with Crippen molar-refractivity contribution in [3.05, 3.63) is 22.7 Å². The maximum atomic E-state index is 12.2. The van der Waals surface area contributed by atoms with E-state index in [9.17, 15) is 13.2 Å². The van der Waals surface area contributed by atoms with Crippen LogP contribution in [0.15, 0.2) is 22.7 Å². The number of benzene rings is 1. The Morgan fingerprint density at radius 3 is 2.52 bits per heavy atom. The van der Waals surface area contributed by atoms with E-state index in [1.54, 1.807) is 0 Å². The summed E-state index contributed by atoms with van der Waals surface area (Å²) >= 11 is 3.27. The fourth-order valence-corrected chi connectivity index (χ4v) is 2.69. The number of ether oxygens (including phenoxy) is 2. The average molecular weight is 397 g/mol.